The summed E-state index contributed by atoms with van der Waals surface area (Å²) in [6, 6.07) is 3.88. The molecule has 1 aliphatic heterocycles. The van der Waals surface area contributed by atoms with E-state index >= 15 is 0 Å². The molecule has 6 heteroatoms. The zero-order valence-electron chi connectivity index (χ0n) is 13.0. The molecule has 0 aromatic carbocycles. The molecule has 1 amide bonds. The van der Waals surface area contributed by atoms with Crippen LogP contribution in [0, 0.1) is 0 Å². The van der Waals surface area contributed by atoms with Gasteiger partial charge in [0.05, 0.1) is 5.56 Å². The number of aromatic nitrogens is 3. The van der Waals surface area contributed by atoms with Gasteiger partial charge in [0.15, 0.2) is 5.82 Å². The van der Waals surface area contributed by atoms with Crippen LogP contribution in [0.15, 0.2) is 29.0 Å². The largest absolute Gasteiger partial charge is 0.339 e. The predicted molar refractivity (Wildman–Crippen MR) is 82.9 cm³/mol. The molecule has 120 valence electrons. The van der Waals surface area contributed by atoms with Crippen molar-refractivity contribution in [3.8, 4) is 0 Å². The molecule has 2 aromatic rings. The maximum atomic E-state index is 12.6. The fourth-order valence-corrected chi connectivity index (χ4v) is 3.22. The second-order valence-corrected chi connectivity index (χ2v) is 6.40. The average Bonchev–Trinajstić information content (AvgIpc) is 3.15. The zero-order valence-corrected chi connectivity index (χ0v) is 13.0. The van der Waals surface area contributed by atoms with Crippen LogP contribution in [0.3, 0.4) is 0 Å². The summed E-state index contributed by atoms with van der Waals surface area (Å²) in [5.41, 5.74) is 0.662. The fraction of sp³-hybridized carbons (Fsp3) is 0.529. The van der Waals surface area contributed by atoms with Crippen molar-refractivity contribution in [2.45, 2.75) is 50.5 Å². The molecule has 1 aliphatic carbocycles. The number of aryl methyl sites for hydroxylation is 1. The van der Waals surface area contributed by atoms with Crippen LogP contribution in [-0.2, 0) is 6.42 Å². The maximum Gasteiger partial charge on any atom is 0.255 e. The van der Waals surface area contributed by atoms with E-state index in [0.29, 0.717) is 11.5 Å². The Morgan fingerprint density at radius 2 is 2.26 bits per heavy atom. The minimum Gasteiger partial charge on any atom is -0.339 e. The minimum absolute atomic E-state index is 0.0763. The predicted octanol–water partition coefficient (Wildman–Crippen LogP) is 2.58. The smallest absolute Gasteiger partial charge is 0.255 e. The lowest BCUT2D eigenvalue weighted by Gasteiger charge is -2.24. The quantitative estimate of drug-likeness (QED) is 0.848. The summed E-state index contributed by atoms with van der Waals surface area (Å²) >= 11 is 0. The lowest BCUT2D eigenvalue weighted by Crippen LogP contribution is -2.35. The van der Waals surface area contributed by atoms with Crippen LogP contribution in [0.5, 0.6) is 0 Å². The first-order chi connectivity index (χ1) is 11.3. The summed E-state index contributed by atoms with van der Waals surface area (Å²) in [7, 11) is 0. The van der Waals surface area contributed by atoms with Crippen molar-refractivity contribution in [3.63, 3.8) is 0 Å². The molecule has 1 saturated heterocycles. The molecule has 2 aromatic heterocycles. The first kappa shape index (κ1) is 14.4. The number of carbonyl (C=O) groups is 1. The van der Waals surface area contributed by atoms with Gasteiger partial charge in [0.2, 0.25) is 5.89 Å². The van der Waals surface area contributed by atoms with Crippen molar-refractivity contribution in [1.29, 1.82) is 0 Å². The first-order valence-corrected chi connectivity index (χ1v) is 8.35. The van der Waals surface area contributed by atoms with E-state index in [1.165, 1.54) is 0 Å². The van der Waals surface area contributed by atoms with E-state index in [1.807, 2.05) is 11.0 Å². The molecule has 3 heterocycles. The lowest BCUT2D eigenvalue weighted by atomic mass is 10.1. The van der Waals surface area contributed by atoms with Gasteiger partial charge in [-0.25, -0.2) is 0 Å². The summed E-state index contributed by atoms with van der Waals surface area (Å²) in [5.74, 6) is 2.13. The molecule has 1 saturated carbocycles. The molecule has 0 radical (unpaired) electrons. The number of hydrogen-bond acceptors (Lipinski definition) is 5. The van der Waals surface area contributed by atoms with Crippen molar-refractivity contribution in [1.82, 2.24) is 20.0 Å². The molecule has 2 aliphatic rings. The topological polar surface area (TPSA) is 72.1 Å². The van der Waals surface area contributed by atoms with Crippen LogP contribution < -0.4 is 0 Å². The van der Waals surface area contributed by atoms with E-state index in [1.54, 1.807) is 18.5 Å². The zero-order chi connectivity index (χ0) is 15.6. The Balaban J connectivity index is 1.38. The highest BCUT2D eigenvalue weighted by Crippen LogP contribution is 2.38. The molecule has 0 bridgehead atoms. The molecule has 0 spiro atoms. The van der Waals surface area contributed by atoms with E-state index in [2.05, 4.69) is 15.1 Å². The standard InChI is InChI=1S/C17H20N4O2/c22-17(13-3-1-9-18-11-13)21-10-2-4-14(21)7-8-15-19-16(23-20-15)12-5-6-12/h1,3,9,11-12,14H,2,4-8,10H2. The highest BCUT2D eigenvalue weighted by molar-refractivity contribution is 5.94. The molecule has 23 heavy (non-hydrogen) atoms. The third-order valence-electron chi connectivity index (χ3n) is 4.66. The highest BCUT2D eigenvalue weighted by atomic mass is 16.5. The number of carbonyl (C=O) groups excluding carboxylic acids is 1. The number of rotatable bonds is 5. The van der Waals surface area contributed by atoms with E-state index < -0.39 is 0 Å². The van der Waals surface area contributed by atoms with Crippen molar-refractivity contribution in [3.05, 3.63) is 41.8 Å². The fourth-order valence-electron chi connectivity index (χ4n) is 3.22. The summed E-state index contributed by atoms with van der Waals surface area (Å²) < 4.78 is 5.30. The molecular formula is C17H20N4O2. The Kier molecular flexibility index (Phi) is 3.81. The van der Waals surface area contributed by atoms with Gasteiger partial charge in [0.25, 0.3) is 5.91 Å². The Hall–Kier alpha value is -2.24. The Morgan fingerprint density at radius 1 is 1.35 bits per heavy atom. The van der Waals surface area contributed by atoms with E-state index in [4.69, 9.17) is 4.52 Å². The van der Waals surface area contributed by atoms with Gasteiger partial charge >= 0.3 is 0 Å². The second kappa shape index (κ2) is 6.10. The van der Waals surface area contributed by atoms with Gasteiger partial charge in [-0.2, -0.15) is 4.98 Å². The van der Waals surface area contributed by atoms with Gasteiger partial charge in [-0.3, -0.25) is 9.78 Å². The Morgan fingerprint density at radius 3 is 3.04 bits per heavy atom. The van der Waals surface area contributed by atoms with Gasteiger partial charge in [-0.1, -0.05) is 5.16 Å². The molecule has 1 atom stereocenters. The number of hydrogen-bond donors (Lipinski definition) is 0. The SMILES string of the molecule is O=C(c1cccnc1)N1CCCC1CCc1noc(C2CC2)n1. The van der Waals surface area contributed by atoms with E-state index in [0.717, 1.165) is 56.8 Å². The van der Waals surface area contributed by atoms with Gasteiger partial charge in [-0.15, -0.1) is 0 Å². The van der Waals surface area contributed by atoms with Gasteiger partial charge in [-0.05, 0) is 44.2 Å². The third-order valence-corrected chi connectivity index (χ3v) is 4.66. The number of nitrogens with zero attached hydrogens (tertiary/aromatic N) is 4. The van der Waals surface area contributed by atoms with Crippen molar-refractivity contribution < 1.29 is 9.32 Å². The average molecular weight is 312 g/mol. The lowest BCUT2D eigenvalue weighted by molar-refractivity contribution is 0.0729. The summed E-state index contributed by atoms with van der Waals surface area (Å²) in [5, 5.41) is 4.07. The van der Waals surface area contributed by atoms with Crippen LogP contribution in [0.2, 0.25) is 0 Å². The molecular weight excluding hydrogens is 292 g/mol. The maximum absolute atomic E-state index is 12.6. The van der Waals surface area contributed by atoms with Crippen LogP contribution in [0.4, 0.5) is 0 Å². The third kappa shape index (κ3) is 3.11. The Bertz CT molecular complexity index is 681. The van der Waals surface area contributed by atoms with Crippen molar-refractivity contribution >= 4 is 5.91 Å². The van der Waals surface area contributed by atoms with Crippen LogP contribution >= 0.6 is 0 Å². The molecule has 1 unspecified atom stereocenters. The summed E-state index contributed by atoms with van der Waals surface area (Å²) in [6.45, 7) is 0.817. The monoisotopic (exact) mass is 312 g/mol. The second-order valence-electron chi connectivity index (χ2n) is 6.40. The number of pyridine rings is 1. The Labute approximate surface area is 134 Å². The van der Waals surface area contributed by atoms with Crippen LogP contribution in [-0.4, -0.2) is 38.5 Å². The molecule has 2 fully saturated rings. The summed E-state index contributed by atoms with van der Waals surface area (Å²) in [6.07, 6.45) is 9.39. The van der Waals surface area contributed by atoms with Gasteiger partial charge in [0, 0.05) is 37.3 Å². The van der Waals surface area contributed by atoms with Gasteiger partial charge < -0.3 is 9.42 Å². The molecule has 0 N–H and O–H groups in total. The van der Waals surface area contributed by atoms with Crippen molar-refractivity contribution in [2.24, 2.45) is 0 Å². The van der Waals surface area contributed by atoms with Crippen molar-refractivity contribution in [2.75, 3.05) is 6.54 Å². The molecule has 4 rings (SSSR count). The number of amides is 1. The van der Waals surface area contributed by atoms with Crippen LogP contribution in [0.1, 0.15) is 60.1 Å². The van der Waals surface area contributed by atoms with Gasteiger partial charge in [0.1, 0.15) is 0 Å². The van der Waals surface area contributed by atoms with E-state index in [-0.39, 0.29) is 11.9 Å². The molecule has 6 nitrogen and oxygen atoms in total. The first-order valence-electron chi connectivity index (χ1n) is 8.35. The normalized spacial score (nSPS) is 20.9. The summed E-state index contributed by atoms with van der Waals surface area (Å²) in [4.78, 5) is 23.1. The highest BCUT2D eigenvalue weighted by Gasteiger charge is 2.31. The van der Waals surface area contributed by atoms with E-state index in [9.17, 15) is 4.79 Å². The minimum atomic E-state index is 0.0763. The number of likely N-dealkylation sites (tertiary alicyclic amines) is 1. The van der Waals surface area contributed by atoms with Crippen LogP contribution in [0.25, 0.3) is 0 Å².